The second-order valence-corrected chi connectivity index (χ2v) is 4.59. The highest BCUT2D eigenvalue weighted by Gasteiger charge is 2.24. The molecule has 3 nitrogen and oxygen atoms in total. The van der Waals surface area contributed by atoms with E-state index in [0.717, 1.165) is 25.9 Å². The van der Waals surface area contributed by atoms with Gasteiger partial charge in [0.05, 0.1) is 19.2 Å². The van der Waals surface area contributed by atoms with Gasteiger partial charge in [0.25, 0.3) is 0 Å². The van der Waals surface area contributed by atoms with Gasteiger partial charge in [0.1, 0.15) is 12.4 Å². The number of rotatable bonds is 2. The van der Waals surface area contributed by atoms with E-state index in [4.69, 9.17) is 4.74 Å². The summed E-state index contributed by atoms with van der Waals surface area (Å²) in [4.78, 5) is 13.1. The minimum absolute atomic E-state index is 0.0421. The lowest BCUT2D eigenvalue weighted by atomic mass is 10.1. The second-order valence-electron chi connectivity index (χ2n) is 4.59. The van der Waals surface area contributed by atoms with Gasteiger partial charge in [-0.3, -0.25) is 0 Å². The fraction of sp³-hybridized carbons (Fsp3) is 0.462. The van der Waals surface area contributed by atoms with Gasteiger partial charge in [0.2, 0.25) is 0 Å². The number of carbonyl (C=O) groups is 1. The fourth-order valence-electron chi connectivity index (χ4n) is 2.16. The highest BCUT2D eigenvalue weighted by molar-refractivity contribution is 5.89. The highest BCUT2D eigenvalue weighted by atomic mass is 19.1. The molecule has 2 rings (SSSR count). The van der Waals surface area contributed by atoms with Crippen molar-refractivity contribution in [1.29, 1.82) is 0 Å². The van der Waals surface area contributed by atoms with Crippen molar-refractivity contribution in [2.45, 2.75) is 18.9 Å². The van der Waals surface area contributed by atoms with E-state index in [9.17, 15) is 9.18 Å². The largest absolute Gasteiger partial charge is 0.453 e. The van der Waals surface area contributed by atoms with Gasteiger partial charge in [0, 0.05) is 6.42 Å². The molecule has 1 aliphatic rings. The molecule has 1 saturated heterocycles. The summed E-state index contributed by atoms with van der Waals surface area (Å²) in [7, 11) is 2.09. The molecule has 1 aliphatic heterocycles. The van der Waals surface area contributed by atoms with Gasteiger partial charge in [-0.05, 0) is 24.6 Å². The van der Waals surface area contributed by atoms with Gasteiger partial charge in [-0.2, -0.15) is 0 Å². The first-order valence-corrected chi connectivity index (χ1v) is 5.93. The molecule has 2 atom stereocenters. The van der Waals surface area contributed by atoms with Crippen LogP contribution in [0.2, 0.25) is 0 Å². The van der Waals surface area contributed by atoms with Gasteiger partial charge in [-0.1, -0.05) is 6.07 Å². The molecule has 1 aromatic rings. The number of likely N-dealkylation sites (N-methyl/N-ethyl adjacent to an activating group) is 1. The maximum Gasteiger partial charge on any atom is 0.338 e. The lowest BCUT2D eigenvalue weighted by Gasteiger charge is -2.26. The molecular weight excluding hydrogens is 221 g/mol. The zero-order valence-electron chi connectivity index (χ0n) is 9.91. The van der Waals surface area contributed by atoms with E-state index in [-0.39, 0.29) is 11.7 Å². The molecule has 0 spiro atoms. The zero-order valence-corrected chi connectivity index (χ0v) is 9.91. The number of carbonyl (C=O) groups excluding carboxylic acids is 1. The van der Waals surface area contributed by atoms with E-state index in [1.807, 2.05) is 0 Å². The van der Waals surface area contributed by atoms with Crippen molar-refractivity contribution in [1.82, 2.24) is 0 Å². The van der Waals surface area contributed by atoms with Crippen molar-refractivity contribution in [3.63, 3.8) is 0 Å². The van der Waals surface area contributed by atoms with Gasteiger partial charge in [0.15, 0.2) is 6.10 Å². The lowest BCUT2D eigenvalue weighted by molar-refractivity contribution is -0.888. The van der Waals surface area contributed by atoms with Gasteiger partial charge < -0.3 is 9.64 Å². The van der Waals surface area contributed by atoms with Crippen LogP contribution >= 0.6 is 0 Å². The molecule has 0 aromatic heterocycles. The van der Waals surface area contributed by atoms with Crippen molar-refractivity contribution in [2.24, 2.45) is 0 Å². The Kier molecular flexibility index (Phi) is 3.74. The number of hydrogen-bond acceptors (Lipinski definition) is 2. The number of nitrogens with one attached hydrogen (secondary N) is 1. The maximum atomic E-state index is 13.0. The Balaban J connectivity index is 1.97. The number of ether oxygens (including phenoxy) is 1. The number of likely N-dealkylation sites (tertiary alicyclic amines) is 1. The number of quaternary nitrogens is 1. The topological polar surface area (TPSA) is 30.7 Å². The monoisotopic (exact) mass is 238 g/mol. The predicted molar refractivity (Wildman–Crippen MR) is 61.5 cm³/mol. The van der Waals surface area contributed by atoms with Crippen molar-refractivity contribution in [2.75, 3.05) is 20.1 Å². The molecule has 0 bridgehead atoms. The third-order valence-electron chi connectivity index (χ3n) is 3.04. The van der Waals surface area contributed by atoms with E-state index in [1.165, 1.54) is 23.1 Å². The molecule has 1 fully saturated rings. The van der Waals surface area contributed by atoms with Crippen LogP contribution in [0.3, 0.4) is 0 Å². The third-order valence-corrected chi connectivity index (χ3v) is 3.04. The molecule has 0 amide bonds. The van der Waals surface area contributed by atoms with E-state index in [0.29, 0.717) is 0 Å². The van der Waals surface area contributed by atoms with Crippen molar-refractivity contribution in [3.8, 4) is 0 Å². The molecule has 4 heteroatoms. The Morgan fingerprint density at radius 2 is 2.35 bits per heavy atom. The van der Waals surface area contributed by atoms with Crippen LogP contribution in [0, 0.1) is 5.82 Å². The van der Waals surface area contributed by atoms with Crippen molar-refractivity contribution in [3.05, 3.63) is 35.6 Å². The first-order valence-electron chi connectivity index (χ1n) is 5.93. The Bertz CT molecular complexity index is 408. The minimum atomic E-state index is -0.427. The first-order chi connectivity index (χ1) is 8.15. The summed E-state index contributed by atoms with van der Waals surface area (Å²) in [6.45, 7) is 1.95. The number of esters is 1. The summed E-state index contributed by atoms with van der Waals surface area (Å²) in [5, 5.41) is 0. The predicted octanol–water partition coefficient (Wildman–Crippen LogP) is 0.660. The minimum Gasteiger partial charge on any atom is -0.453 e. The molecule has 1 N–H and O–H groups in total. The van der Waals surface area contributed by atoms with Crippen LogP contribution in [0.5, 0.6) is 0 Å². The van der Waals surface area contributed by atoms with Crippen molar-refractivity contribution < 1.29 is 18.8 Å². The molecule has 92 valence electrons. The zero-order chi connectivity index (χ0) is 12.3. The lowest BCUT2D eigenvalue weighted by Crippen LogP contribution is -3.11. The highest BCUT2D eigenvalue weighted by Crippen LogP contribution is 2.10. The third kappa shape index (κ3) is 3.27. The van der Waals surface area contributed by atoms with Crippen LogP contribution in [-0.2, 0) is 4.74 Å². The standard InChI is InChI=1S/C13H16FNO2/c1-15-7-3-6-12(9-15)17-13(16)10-4-2-5-11(14)8-10/h2,4-5,8,12H,3,6-7,9H2,1H3/p+1/t12-/m1/s1. The average molecular weight is 238 g/mol. The molecule has 1 aromatic carbocycles. The number of benzene rings is 1. The van der Waals surface area contributed by atoms with Crippen LogP contribution in [0.1, 0.15) is 23.2 Å². The first kappa shape index (κ1) is 12.0. The molecule has 1 unspecified atom stereocenters. The number of halogens is 1. The Labute approximate surface area is 100 Å². The van der Waals surface area contributed by atoms with Gasteiger partial charge in [-0.15, -0.1) is 0 Å². The summed E-state index contributed by atoms with van der Waals surface area (Å²) >= 11 is 0. The van der Waals surface area contributed by atoms with Gasteiger partial charge >= 0.3 is 5.97 Å². The Morgan fingerprint density at radius 1 is 1.53 bits per heavy atom. The van der Waals surface area contributed by atoms with Crippen LogP contribution in [0.4, 0.5) is 4.39 Å². The SMILES string of the molecule is C[NH+]1CCC[C@@H](OC(=O)c2cccc(F)c2)C1. The molecule has 0 saturated carbocycles. The summed E-state index contributed by atoms with van der Waals surface area (Å²) < 4.78 is 18.3. The molecule has 1 heterocycles. The molecule has 17 heavy (non-hydrogen) atoms. The van der Waals surface area contributed by atoms with E-state index < -0.39 is 11.8 Å². The Morgan fingerprint density at radius 3 is 3.06 bits per heavy atom. The molecule has 0 aliphatic carbocycles. The summed E-state index contributed by atoms with van der Waals surface area (Å²) in [5.41, 5.74) is 0.285. The fourth-order valence-corrected chi connectivity index (χ4v) is 2.16. The molecular formula is C13H17FNO2+. The van der Waals surface area contributed by atoms with E-state index >= 15 is 0 Å². The summed E-state index contributed by atoms with van der Waals surface area (Å²) in [5.74, 6) is -0.838. The van der Waals surface area contributed by atoms with Crippen LogP contribution in [-0.4, -0.2) is 32.2 Å². The van der Waals surface area contributed by atoms with E-state index in [1.54, 1.807) is 6.07 Å². The maximum absolute atomic E-state index is 13.0. The number of hydrogen-bond donors (Lipinski definition) is 1. The number of piperidine rings is 1. The molecule has 0 radical (unpaired) electrons. The smallest absolute Gasteiger partial charge is 0.338 e. The Hall–Kier alpha value is -1.42. The van der Waals surface area contributed by atoms with Crippen LogP contribution < -0.4 is 4.90 Å². The quantitative estimate of drug-likeness (QED) is 0.767. The second kappa shape index (κ2) is 5.27. The van der Waals surface area contributed by atoms with Gasteiger partial charge in [-0.25, -0.2) is 9.18 Å². The van der Waals surface area contributed by atoms with Crippen molar-refractivity contribution >= 4 is 5.97 Å². The summed E-state index contributed by atoms with van der Waals surface area (Å²) in [6.07, 6.45) is 1.92. The normalized spacial score (nSPS) is 24.4. The van der Waals surface area contributed by atoms with E-state index in [2.05, 4.69) is 7.05 Å². The summed E-state index contributed by atoms with van der Waals surface area (Å²) in [6, 6.07) is 5.62. The van der Waals surface area contributed by atoms with Crippen LogP contribution in [0.15, 0.2) is 24.3 Å². The average Bonchev–Trinajstić information content (AvgIpc) is 2.29. The van der Waals surface area contributed by atoms with Crippen LogP contribution in [0.25, 0.3) is 0 Å².